The minimum atomic E-state index is 0.0927. The van der Waals surface area contributed by atoms with Gasteiger partial charge in [0.2, 0.25) is 0 Å². The predicted molar refractivity (Wildman–Crippen MR) is 109 cm³/mol. The molecule has 0 atom stereocenters. The summed E-state index contributed by atoms with van der Waals surface area (Å²) in [7, 11) is 0. The molecular formula is C22H26N2O2. The summed E-state index contributed by atoms with van der Waals surface area (Å²) in [6.07, 6.45) is 6.82. The maximum Gasteiger partial charge on any atom is 0.127 e. The van der Waals surface area contributed by atoms with Crippen LogP contribution in [0.4, 0.5) is 0 Å². The lowest BCUT2D eigenvalue weighted by molar-refractivity contribution is 0.179. The highest BCUT2D eigenvalue weighted by molar-refractivity contribution is 6.01. The van der Waals surface area contributed by atoms with Gasteiger partial charge in [-0.05, 0) is 23.1 Å². The molecule has 0 spiro atoms. The first-order valence-corrected chi connectivity index (χ1v) is 8.65. The zero-order valence-corrected chi connectivity index (χ0v) is 15.0. The summed E-state index contributed by atoms with van der Waals surface area (Å²) in [6.45, 7) is 10.1. The molecule has 136 valence electrons. The molecule has 0 saturated carbocycles. The van der Waals surface area contributed by atoms with Crippen LogP contribution in [0.5, 0.6) is 5.75 Å². The zero-order chi connectivity index (χ0) is 18.8. The van der Waals surface area contributed by atoms with Gasteiger partial charge in [0.1, 0.15) is 12.4 Å². The van der Waals surface area contributed by atoms with Crippen molar-refractivity contribution in [2.75, 3.05) is 32.8 Å². The number of aliphatic hydroxyl groups excluding tert-OH is 1. The van der Waals surface area contributed by atoms with Crippen molar-refractivity contribution in [3.63, 3.8) is 0 Å². The lowest BCUT2D eigenvalue weighted by atomic mass is 10.0. The summed E-state index contributed by atoms with van der Waals surface area (Å²) in [4.78, 5) is 2.12. The maximum atomic E-state index is 9.30. The first kappa shape index (κ1) is 19.6. The molecule has 0 unspecified atom stereocenters. The number of allylic oxidation sites excluding steroid dienone is 2. The van der Waals surface area contributed by atoms with Gasteiger partial charge in [-0.15, -0.1) is 0 Å². The van der Waals surface area contributed by atoms with Gasteiger partial charge in [-0.3, -0.25) is 4.90 Å². The van der Waals surface area contributed by atoms with Gasteiger partial charge in [-0.2, -0.15) is 0 Å². The molecule has 0 heterocycles. The highest BCUT2D eigenvalue weighted by atomic mass is 16.5. The van der Waals surface area contributed by atoms with Crippen molar-refractivity contribution >= 4 is 17.0 Å². The zero-order valence-electron chi connectivity index (χ0n) is 15.0. The summed E-state index contributed by atoms with van der Waals surface area (Å²) in [5.74, 6) is 0.806. The second-order valence-electron chi connectivity index (χ2n) is 5.87. The van der Waals surface area contributed by atoms with Crippen molar-refractivity contribution < 1.29 is 9.84 Å². The molecule has 2 aromatic rings. The van der Waals surface area contributed by atoms with Crippen molar-refractivity contribution in [2.45, 2.75) is 0 Å². The fourth-order valence-corrected chi connectivity index (χ4v) is 2.84. The Morgan fingerprint density at radius 3 is 2.54 bits per heavy atom. The molecule has 0 amide bonds. The molecule has 0 aromatic heterocycles. The SMILES string of the molecule is C=C/C=C(\C=C)CN(CCO)CCOc1ccc(C=N)c2ccccc12. The van der Waals surface area contributed by atoms with Crippen LogP contribution >= 0.6 is 0 Å². The van der Waals surface area contributed by atoms with Crippen LogP contribution in [0.25, 0.3) is 10.8 Å². The van der Waals surface area contributed by atoms with Crippen LogP contribution in [0.1, 0.15) is 5.56 Å². The van der Waals surface area contributed by atoms with Crippen LogP contribution < -0.4 is 4.74 Å². The van der Waals surface area contributed by atoms with E-state index in [9.17, 15) is 5.11 Å². The summed E-state index contributed by atoms with van der Waals surface area (Å²) in [5, 5.41) is 18.8. The molecule has 0 aliphatic heterocycles. The topological polar surface area (TPSA) is 56.6 Å². The Hall–Kier alpha value is -2.69. The van der Waals surface area contributed by atoms with Gasteiger partial charge in [0.25, 0.3) is 0 Å². The van der Waals surface area contributed by atoms with E-state index in [1.807, 2.05) is 42.5 Å². The minimum absolute atomic E-state index is 0.0927. The Balaban J connectivity index is 2.06. The van der Waals surface area contributed by atoms with Crippen molar-refractivity contribution in [1.82, 2.24) is 4.90 Å². The molecule has 0 bridgehead atoms. The highest BCUT2D eigenvalue weighted by Gasteiger charge is 2.08. The van der Waals surface area contributed by atoms with Gasteiger partial charge in [0.05, 0.1) is 6.61 Å². The Labute approximate surface area is 155 Å². The average molecular weight is 350 g/mol. The molecule has 0 saturated heterocycles. The Kier molecular flexibility index (Phi) is 7.80. The second kappa shape index (κ2) is 10.3. The van der Waals surface area contributed by atoms with Crippen molar-refractivity contribution in [3.05, 3.63) is 78.9 Å². The van der Waals surface area contributed by atoms with Crippen molar-refractivity contribution in [3.8, 4) is 5.75 Å². The number of fused-ring (bicyclic) bond motifs is 1. The highest BCUT2D eigenvalue weighted by Crippen LogP contribution is 2.27. The smallest absolute Gasteiger partial charge is 0.127 e. The van der Waals surface area contributed by atoms with E-state index in [0.717, 1.165) is 27.7 Å². The molecule has 26 heavy (non-hydrogen) atoms. The van der Waals surface area contributed by atoms with Gasteiger partial charge >= 0.3 is 0 Å². The summed E-state index contributed by atoms with van der Waals surface area (Å²) >= 11 is 0. The number of hydrogen-bond acceptors (Lipinski definition) is 4. The fraction of sp³-hybridized carbons (Fsp3) is 0.227. The summed E-state index contributed by atoms with van der Waals surface area (Å²) in [6, 6.07) is 11.7. The maximum absolute atomic E-state index is 9.30. The number of hydrogen-bond donors (Lipinski definition) is 2. The molecule has 0 aliphatic carbocycles. The predicted octanol–water partition coefficient (Wildman–Crippen LogP) is 3.81. The molecule has 4 nitrogen and oxygen atoms in total. The van der Waals surface area contributed by atoms with E-state index in [1.54, 1.807) is 12.2 Å². The summed E-state index contributed by atoms with van der Waals surface area (Å²) < 4.78 is 6.01. The molecule has 2 N–H and O–H groups in total. The van der Waals surface area contributed by atoms with Gasteiger partial charge in [0.15, 0.2) is 0 Å². The third-order valence-corrected chi connectivity index (χ3v) is 4.15. The van der Waals surface area contributed by atoms with E-state index in [-0.39, 0.29) is 6.61 Å². The third kappa shape index (κ3) is 5.15. The number of nitrogens with zero attached hydrogens (tertiary/aromatic N) is 1. The van der Waals surface area contributed by atoms with Crippen LogP contribution in [0.2, 0.25) is 0 Å². The normalized spacial score (nSPS) is 11.5. The molecular weight excluding hydrogens is 324 g/mol. The minimum Gasteiger partial charge on any atom is -0.492 e. The number of ether oxygens (including phenoxy) is 1. The monoisotopic (exact) mass is 350 g/mol. The van der Waals surface area contributed by atoms with E-state index in [4.69, 9.17) is 10.1 Å². The van der Waals surface area contributed by atoms with Crippen LogP contribution in [0, 0.1) is 5.41 Å². The van der Waals surface area contributed by atoms with Crippen LogP contribution in [-0.4, -0.2) is 49.1 Å². The van der Waals surface area contributed by atoms with Gasteiger partial charge in [0, 0.05) is 36.8 Å². The molecule has 0 aliphatic rings. The first-order valence-electron chi connectivity index (χ1n) is 8.65. The number of benzene rings is 2. The second-order valence-corrected chi connectivity index (χ2v) is 5.87. The van der Waals surface area contributed by atoms with Crippen LogP contribution in [0.3, 0.4) is 0 Å². The van der Waals surface area contributed by atoms with Crippen LogP contribution in [-0.2, 0) is 0 Å². The molecule has 4 heteroatoms. The number of rotatable bonds is 11. The quantitative estimate of drug-likeness (QED) is 0.479. The fourth-order valence-electron chi connectivity index (χ4n) is 2.84. The summed E-state index contributed by atoms with van der Waals surface area (Å²) in [5.41, 5.74) is 1.93. The van der Waals surface area contributed by atoms with Gasteiger partial charge in [-0.1, -0.05) is 55.7 Å². The largest absolute Gasteiger partial charge is 0.492 e. The van der Waals surface area contributed by atoms with E-state index in [0.29, 0.717) is 26.2 Å². The van der Waals surface area contributed by atoms with Crippen molar-refractivity contribution in [2.24, 2.45) is 0 Å². The third-order valence-electron chi connectivity index (χ3n) is 4.15. The molecule has 2 rings (SSSR count). The van der Waals surface area contributed by atoms with E-state index in [1.165, 1.54) is 6.21 Å². The van der Waals surface area contributed by atoms with E-state index < -0.39 is 0 Å². The molecule has 0 radical (unpaired) electrons. The number of nitrogens with one attached hydrogen (secondary N) is 1. The lowest BCUT2D eigenvalue weighted by Gasteiger charge is -2.22. The standard InChI is InChI=1S/C22H26N2O2/c1-3-7-18(4-2)17-24(12-14-25)13-15-26-22-11-10-19(16-23)20-8-5-6-9-21(20)22/h3-11,16,23,25H,1-2,12-15,17H2/b18-7+,23-16?. The number of aliphatic hydroxyl groups is 1. The average Bonchev–Trinajstić information content (AvgIpc) is 2.67. The van der Waals surface area contributed by atoms with Crippen LogP contribution in [0.15, 0.2) is 73.4 Å². The van der Waals surface area contributed by atoms with E-state index >= 15 is 0 Å². The molecule has 0 fully saturated rings. The van der Waals surface area contributed by atoms with E-state index in [2.05, 4.69) is 18.1 Å². The van der Waals surface area contributed by atoms with Gasteiger partial charge < -0.3 is 15.3 Å². The Morgan fingerprint density at radius 2 is 1.88 bits per heavy atom. The van der Waals surface area contributed by atoms with Gasteiger partial charge in [-0.25, -0.2) is 0 Å². The Morgan fingerprint density at radius 1 is 1.12 bits per heavy atom. The first-order chi connectivity index (χ1) is 12.7. The Bertz CT molecular complexity index is 796. The lowest BCUT2D eigenvalue weighted by Crippen LogP contribution is -2.32. The molecule has 2 aromatic carbocycles. The van der Waals surface area contributed by atoms with Crippen molar-refractivity contribution in [1.29, 1.82) is 5.41 Å².